The summed E-state index contributed by atoms with van der Waals surface area (Å²) in [5.74, 6) is 5.34. The van der Waals surface area contributed by atoms with E-state index in [-0.39, 0.29) is 12.1 Å². The molecule has 218 valence electrons. The Morgan fingerprint density at radius 1 is 0.921 bits per heavy atom. The minimum Gasteiger partial charge on any atom is -0.462 e. The molecule has 2 heteroatoms. The van der Waals surface area contributed by atoms with Crippen molar-refractivity contribution >= 4 is 5.97 Å². The number of rotatable bonds is 13. The summed E-state index contributed by atoms with van der Waals surface area (Å²) in [6, 6.07) is 0. The van der Waals surface area contributed by atoms with E-state index in [9.17, 15) is 4.79 Å². The molecule has 0 N–H and O–H groups in total. The molecule has 4 rings (SSSR count). The Kier molecular flexibility index (Phi) is 10.5. The molecule has 3 saturated carbocycles. The Labute approximate surface area is 236 Å². The van der Waals surface area contributed by atoms with Crippen molar-refractivity contribution in [1.29, 1.82) is 0 Å². The molecular formula is C36H62O2. The molecule has 0 radical (unpaired) electrons. The van der Waals surface area contributed by atoms with Gasteiger partial charge in [-0.15, -0.1) is 0 Å². The van der Waals surface area contributed by atoms with Gasteiger partial charge in [0.2, 0.25) is 0 Å². The summed E-state index contributed by atoms with van der Waals surface area (Å²) < 4.78 is 6.04. The molecule has 0 aromatic rings. The van der Waals surface area contributed by atoms with Crippen molar-refractivity contribution in [3.05, 3.63) is 11.6 Å². The maximum Gasteiger partial charge on any atom is 0.306 e. The van der Waals surface area contributed by atoms with Crippen LogP contribution in [-0.4, -0.2) is 12.1 Å². The zero-order chi connectivity index (χ0) is 27.3. The van der Waals surface area contributed by atoms with Gasteiger partial charge in [-0.1, -0.05) is 105 Å². The van der Waals surface area contributed by atoms with Crippen molar-refractivity contribution < 1.29 is 9.53 Å². The molecule has 2 nitrogen and oxygen atoms in total. The van der Waals surface area contributed by atoms with Crippen LogP contribution < -0.4 is 0 Å². The minimum absolute atomic E-state index is 0.0522. The topological polar surface area (TPSA) is 26.3 Å². The number of fused-ring (bicyclic) bond motifs is 5. The van der Waals surface area contributed by atoms with E-state index in [0.29, 0.717) is 17.3 Å². The van der Waals surface area contributed by atoms with Crippen LogP contribution in [0.1, 0.15) is 157 Å². The lowest BCUT2D eigenvalue weighted by Crippen LogP contribution is -2.51. The van der Waals surface area contributed by atoms with E-state index < -0.39 is 0 Å². The quantitative estimate of drug-likeness (QED) is 0.135. The van der Waals surface area contributed by atoms with E-state index in [4.69, 9.17) is 4.74 Å². The number of unbranched alkanes of at least 4 members (excludes halogenated alkanes) is 5. The van der Waals surface area contributed by atoms with Crippen LogP contribution in [0.4, 0.5) is 0 Å². The number of ether oxygens (including phenoxy) is 1. The standard InChI is InChI=1S/C36H62O2/c1-7-8-9-10-11-12-16-34(37)38-29-21-23-35(5)28(25-29)17-18-30-32-20-19-31(27(4)15-13-14-26(2)3)36(32,6)24-22-33(30)35/h17,26-27,29-33H,7-16,18-25H2,1-6H3/t27?,29-,30-,31+,32-,33?,35-,36+/m0/s1. The third-order valence-corrected chi connectivity index (χ3v) is 12.3. The predicted molar refractivity (Wildman–Crippen MR) is 161 cm³/mol. The molecule has 0 aliphatic heterocycles. The van der Waals surface area contributed by atoms with Crippen molar-refractivity contribution in [3.63, 3.8) is 0 Å². The smallest absolute Gasteiger partial charge is 0.306 e. The molecule has 38 heavy (non-hydrogen) atoms. The molecule has 0 amide bonds. The number of carbonyl (C=O) groups excluding carboxylic acids is 1. The summed E-state index contributed by atoms with van der Waals surface area (Å²) in [5, 5.41) is 0. The van der Waals surface area contributed by atoms with Crippen molar-refractivity contribution in [2.24, 2.45) is 46.3 Å². The van der Waals surface area contributed by atoms with Crippen LogP contribution in [0.15, 0.2) is 11.6 Å². The summed E-state index contributed by atoms with van der Waals surface area (Å²) in [6.07, 6.45) is 25.3. The van der Waals surface area contributed by atoms with Gasteiger partial charge in [0.25, 0.3) is 0 Å². The van der Waals surface area contributed by atoms with Gasteiger partial charge in [0, 0.05) is 12.8 Å². The van der Waals surface area contributed by atoms with Crippen molar-refractivity contribution in [3.8, 4) is 0 Å². The number of hydrogen-bond donors (Lipinski definition) is 0. The Bertz CT molecular complexity index is 797. The van der Waals surface area contributed by atoms with Gasteiger partial charge in [0.05, 0.1) is 0 Å². The first-order valence-corrected chi connectivity index (χ1v) is 17.1. The van der Waals surface area contributed by atoms with Crippen molar-refractivity contribution in [1.82, 2.24) is 0 Å². The second-order valence-electron chi connectivity index (χ2n) is 15.2. The van der Waals surface area contributed by atoms with Crippen LogP contribution in [0.25, 0.3) is 0 Å². The Morgan fingerprint density at radius 2 is 1.68 bits per heavy atom. The van der Waals surface area contributed by atoms with Crippen molar-refractivity contribution in [2.75, 3.05) is 0 Å². The fourth-order valence-electron chi connectivity index (χ4n) is 10.0. The molecule has 0 aromatic carbocycles. The Morgan fingerprint density at radius 3 is 2.45 bits per heavy atom. The summed E-state index contributed by atoms with van der Waals surface area (Å²) >= 11 is 0. The number of esters is 1. The van der Waals surface area contributed by atoms with Gasteiger partial charge in [-0.05, 0) is 97.7 Å². The van der Waals surface area contributed by atoms with Crippen LogP contribution in [0.2, 0.25) is 0 Å². The molecule has 3 fully saturated rings. The van der Waals surface area contributed by atoms with E-state index >= 15 is 0 Å². The number of hydrogen-bond acceptors (Lipinski definition) is 2. The molecule has 8 atom stereocenters. The first-order chi connectivity index (χ1) is 18.2. The maximum atomic E-state index is 12.6. The summed E-state index contributed by atoms with van der Waals surface area (Å²) in [7, 11) is 0. The van der Waals surface area contributed by atoms with Gasteiger partial charge in [0.15, 0.2) is 0 Å². The Balaban J connectivity index is 1.31. The third-order valence-electron chi connectivity index (χ3n) is 12.3. The summed E-state index contributed by atoms with van der Waals surface area (Å²) in [4.78, 5) is 12.6. The van der Waals surface area contributed by atoms with E-state index in [1.807, 2.05) is 0 Å². The molecule has 4 aliphatic carbocycles. The molecule has 0 heterocycles. The highest BCUT2D eigenvalue weighted by Crippen LogP contribution is 2.67. The highest BCUT2D eigenvalue weighted by molar-refractivity contribution is 5.69. The fourth-order valence-corrected chi connectivity index (χ4v) is 10.0. The minimum atomic E-state index is 0.0522. The molecular weight excluding hydrogens is 464 g/mol. The first-order valence-electron chi connectivity index (χ1n) is 17.1. The van der Waals surface area contributed by atoms with Crippen LogP contribution in [0.5, 0.6) is 0 Å². The molecule has 0 saturated heterocycles. The van der Waals surface area contributed by atoms with Crippen LogP contribution >= 0.6 is 0 Å². The average molecular weight is 527 g/mol. The van der Waals surface area contributed by atoms with Gasteiger partial charge in [-0.25, -0.2) is 0 Å². The van der Waals surface area contributed by atoms with Gasteiger partial charge in [-0.2, -0.15) is 0 Å². The summed E-state index contributed by atoms with van der Waals surface area (Å²) in [5.41, 5.74) is 2.54. The van der Waals surface area contributed by atoms with E-state index in [1.165, 1.54) is 89.9 Å². The second kappa shape index (κ2) is 13.2. The van der Waals surface area contributed by atoms with Gasteiger partial charge >= 0.3 is 5.97 Å². The van der Waals surface area contributed by atoms with E-state index in [2.05, 4.69) is 47.6 Å². The lowest BCUT2D eigenvalue weighted by Gasteiger charge is -2.58. The fraction of sp³-hybridized carbons (Fsp3) is 0.917. The monoisotopic (exact) mass is 526 g/mol. The second-order valence-corrected chi connectivity index (χ2v) is 15.2. The SMILES string of the molecule is CCCCCCCCC(=O)O[C@H]1CC[C@@]2(C)C(=CC[C@@H]3C2CC[C@]2(C)[C@@H](C(C)CCCC(C)C)CC[C@@H]32)C1. The highest BCUT2D eigenvalue weighted by atomic mass is 16.5. The summed E-state index contributed by atoms with van der Waals surface area (Å²) in [6.45, 7) is 14.9. The Hall–Kier alpha value is -0.790. The lowest BCUT2D eigenvalue weighted by atomic mass is 9.47. The molecule has 4 aliphatic rings. The van der Waals surface area contributed by atoms with Crippen LogP contribution in [0, 0.1) is 46.3 Å². The van der Waals surface area contributed by atoms with Gasteiger partial charge < -0.3 is 4.74 Å². The normalized spacial score (nSPS) is 37.2. The first kappa shape index (κ1) is 30.2. The largest absolute Gasteiger partial charge is 0.462 e. The van der Waals surface area contributed by atoms with E-state index in [1.54, 1.807) is 5.57 Å². The predicted octanol–water partition coefficient (Wildman–Crippen LogP) is 10.7. The lowest BCUT2D eigenvalue weighted by molar-refractivity contribution is -0.151. The van der Waals surface area contributed by atoms with Gasteiger partial charge in [-0.3, -0.25) is 4.79 Å². The highest BCUT2D eigenvalue weighted by Gasteiger charge is 2.59. The van der Waals surface area contributed by atoms with E-state index in [0.717, 1.165) is 54.8 Å². The average Bonchev–Trinajstić information content (AvgIpc) is 3.23. The molecule has 0 bridgehead atoms. The zero-order valence-electron chi connectivity index (χ0n) is 26.2. The third kappa shape index (κ3) is 6.57. The molecule has 0 spiro atoms. The molecule has 0 aromatic heterocycles. The maximum absolute atomic E-state index is 12.6. The van der Waals surface area contributed by atoms with Crippen molar-refractivity contribution in [2.45, 2.75) is 163 Å². The number of carbonyl (C=O) groups is 1. The zero-order valence-corrected chi connectivity index (χ0v) is 26.2. The van der Waals surface area contributed by atoms with Gasteiger partial charge in [0.1, 0.15) is 6.10 Å². The van der Waals surface area contributed by atoms with Crippen LogP contribution in [-0.2, 0) is 9.53 Å². The number of allylic oxidation sites excluding steroid dienone is 1. The molecule has 2 unspecified atom stereocenters. The van der Waals surface area contributed by atoms with Crippen LogP contribution in [0.3, 0.4) is 0 Å².